The molecule has 0 N–H and O–H groups in total. The van der Waals surface area contributed by atoms with Crippen LogP contribution in [0.3, 0.4) is 0 Å². The molecule has 0 aromatic rings. The molecule has 0 atom stereocenters. The van der Waals surface area contributed by atoms with Crippen LogP contribution in [0, 0.1) is 0 Å². The third-order valence-electron chi connectivity index (χ3n) is 0. The molecule has 0 rings (SSSR count). The fraction of sp³-hybridized carbons (Fsp3) is 0. The number of phosphoric acid groups is 1. The summed E-state index contributed by atoms with van der Waals surface area (Å²) in [6.07, 6.45) is 0. The van der Waals surface area contributed by atoms with Crippen LogP contribution in [0.4, 0.5) is 4.70 Å². The molecule has 0 aromatic heterocycles. The SMILES string of the molecule is O=P([O-])([O-])[O-].[F].[K+].[Mn+2]. The molecule has 0 aliphatic carbocycles. The van der Waals surface area contributed by atoms with Crippen molar-refractivity contribution in [2.24, 2.45) is 0 Å². The fourth-order valence-corrected chi connectivity index (χ4v) is 0. The summed E-state index contributed by atoms with van der Waals surface area (Å²) in [6, 6.07) is 0. The normalized spacial score (nSPS) is 7.38. The number of hydrogen-bond donors (Lipinski definition) is 0. The van der Waals surface area contributed by atoms with Gasteiger partial charge in [0, 0.05) is 4.70 Å². The maximum Gasteiger partial charge on any atom is 2.00 e. The second-order valence-corrected chi connectivity index (χ2v) is 1.34. The predicted molar refractivity (Wildman–Crippen MR) is 8.71 cm³/mol. The summed E-state index contributed by atoms with van der Waals surface area (Å²) in [5.74, 6) is 0. The second-order valence-electron chi connectivity index (χ2n) is 0.447. The van der Waals surface area contributed by atoms with Gasteiger partial charge in [-0.1, -0.05) is 0 Å². The van der Waals surface area contributed by atoms with Gasteiger partial charge in [0.1, 0.15) is 0 Å². The second kappa shape index (κ2) is 9.20. The van der Waals surface area contributed by atoms with E-state index < -0.39 is 7.82 Å². The summed E-state index contributed by atoms with van der Waals surface area (Å²) in [6.45, 7) is 0. The Morgan fingerprint density at radius 2 is 1.12 bits per heavy atom. The minimum absolute atomic E-state index is 0. The van der Waals surface area contributed by atoms with Crippen LogP contribution in [0.1, 0.15) is 0 Å². The minimum Gasteiger partial charge on any atom is -0.822 e. The third kappa shape index (κ3) is 88.0. The predicted octanol–water partition coefficient (Wildman–Crippen LogP) is -5.40. The van der Waals surface area contributed by atoms with Crippen LogP contribution in [-0.4, -0.2) is 0 Å². The van der Waals surface area contributed by atoms with Gasteiger partial charge in [-0.3, -0.25) is 0 Å². The molecule has 0 unspecified atom stereocenters. The zero-order valence-electron chi connectivity index (χ0n) is 3.84. The van der Waals surface area contributed by atoms with Gasteiger partial charge in [-0.25, -0.2) is 0 Å². The van der Waals surface area contributed by atoms with E-state index in [1.807, 2.05) is 0 Å². The molecular formula is FKMnO4P. The molecule has 0 heterocycles. The summed E-state index contributed by atoms with van der Waals surface area (Å²) in [4.78, 5) is 25.6. The first-order chi connectivity index (χ1) is 2.00. The molecule has 0 aromatic carbocycles. The van der Waals surface area contributed by atoms with Gasteiger partial charge in [-0.2, -0.15) is 7.82 Å². The van der Waals surface area contributed by atoms with E-state index >= 15 is 0 Å². The summed E-state index contributed by atoms with van der Waals surface area (Å²) < 4.78 is 8.55. The van der Waals surface area contributed by atoms with E-state index in [9.17, 15) is 0 Å². The number of hydrogen-bond acceptors (Lipinski definition) is 4. The topological polar surface area (TPSA) is 86.2 Å². The van der Waals surface area contributed by atoms with Gasteiger partial charge in [-0.15, -0.1) is 0 Å². The molecule has 8 heteroatoms. The van der Waals surface area contributed by atoms with Crippen LogP contribution in [0.5, 0.6) is 0 Å². The Kier molecular flexibility index (Phi) is 25.8. The van der Waals surface area contributed by atoms with Crippen LogP contribution in [0.15, 0.2) is 0 Å². The number of halogens is 1. The van der Waals surface area contributed by atoms with E-state index in [1.54, 1.807) is 0 Å². The van der Waals surface area contributed by atoms with E-state index in [0.29, 0.717) is 0 Å². The Morgan fingerprint density at radius 1 is 1.12 bits per heavy atom. The zero-order chi connectivity index (χ0) is 4.50. The van der Waals surface area contributed by atoms with Crippen molar-refractivity contribution in [1.29, 1.82) is 0 Å². The van der Waals surface area contributed by atoms with E-state index in [-0.39, 0.29) is 73.2 Å². The molecule has 2 radical (unpaired) electrons. The first-order valence-electron chi connectivity index (χ1n) is 0.730. The molecule has 4 nitrogen and oxygen atoms in total. The van der Waals surface area contributed by atoms with E-state index in [2.05, 4.69) is 0 Å². The Morgan fingerprint density at radius 3 is 1.12 bits per heavy atom. The Bertz CT molecular complexity index is 62.2. The van der Waals surface area contributed by atoms with Crippen molar-refractivity contribution in [3.05, 3.63) is 0 Å². The summed E-state index contributed by atoms with van der Waals surface area (Å²) in [7, 11) is -5.39. The van der Waals surface area contributed by atoms with Gasteiger partial charge in [0.05, 0.1) is 0 Å². The van der Waals surface area contributed by atoms with Gasteiger partial charge in [0.15, 0.2) is 0 Å². The Hall–Kier alpha value is 2.20. The standard InChI is InChI=1S/F.K.Mn.H3O4P/c;;;1-5(2,3)4/h;;;(H3,1,2,3,4)/q;+1;+2;/p-3. The summed E-state index contributed by atoms with van der Waals surface area (Å²) in [5.41, 5.74) is 0. The third-order valence-corrected chi connectivity index (χ3v) is 0. The first-order valence-corrected chi connectivity index (χ1v) is 2.19. The smallest absolute Gasteiger partial charge is 0.822 e. The Balaban J connectivity index is -0.0000000267. The van der Waals surface area contributed by atoms with Crippen molar-refractivity contribution in [2.75, 3.05) is 0 Å². The molecule has 0 bridgehead atoms. The van der Waals surface area contributed by atoms with Crippen LogP contribution in [0.2, 0.25) is 0 Å². The maximum atomic E-state index is 8.55. The molecule has 44 valence electrons. The largest absolute Gasteiger partial charge is 2.00 e. The maximum absolute atomic E-state index is 8.55. The molecular weight excluding hydrogens is 208 g/mol. The molecule has 8 heavy (non-hydrogen) atoms. The molecule has 0 saturated carbocycles. The van der Waals surface area contributed by atoms with Crippen molar-refractivity contribution in [3.63, 3.8) is 0 Å². The van der Waals surface area contributed by atoms with E-state index in [4.69, 9.17) is 19.2 Å². The number of rotatable bonds is 0. The van der Waals surface area contributed by atoms with Crippen molar-refractivity contribution >= 4 is 7.82 Å². The van der Waals surface area contributed by atoms with Gasteiger partial charge in [0.2, 0.25) is 0 Å². The van der Waals surface area contributed by atoms with Crippen LogP contribution in [-0.2, 0) is 21.6 Å². The van der Waals surface area contributed by atoms with Gasteiger partial charge in [-0.05, 0) is 0 Å². The van der Waals surface area contributed by atoms with Crippen molar-refractivity contribution < 1.29 is 92.4 Å². The molecule has 0 aliphatic rings. The Labute approximate surface area is 98.6 Å². The minimum atomic E-state index is -5.39. The van der Waals surface area contributed by atoms with Crippen molar-refractivity contribution in [3.8, 4) is 0 Å². The zero-order valence-corrected chi connectivity index (χ0v) is 9.03. The monoisotopic (exact) mass is 208 g/mol. The first kappa shape index (κ1) is 22.5. The van der Waals surface area contributed by atoms with Gasteiger partial charge in [0.25, 0.3) is 0 Å². The summed E-state index contributed by atoms with van der Waals surface area (Å²) >= 11 is 0. The van der Waals surface area contributed by atoms with Crippen LogP contribution >= 0.6 is 7.82 Å². The molecule has 0 amide bonds. The molecule has 0 spiro atoms. The molecule has 0 fully saturated rings. The molecule has 0 saturated heterocycles. The van der Waals surface area contributed by atoms with E-state index in [1.165, 1.54) is 0 Å². The van der Waals surface area contributed by atoms with Gasteiger partial charge < -0.3 is 19.2 Å². The van der Waals surface area contributed by atoms with Crippen molar-refractivity contribution in [2.45, 2.75) is 0 Å². The summed E-state index contributed by atoms with van der Waals surface area (Å²) in [5, 5.41) is 0. The average Bonchev–Trinajstić information content (AvgIpc) is 0.722. The molecule has 0 aliphatic heterocycles. The van der Waals surface area contributed by atoms with Gasteiger partial charge >= 0.3 is 68.5 Å². The average molecular weight is 208 g/mol. The van der Waals surface area contributed by atoms with Crippen LogP contribution < -0.4 is 66.1 Å². The van der Waals surface area contributed by atoms with Crippen LogP contribution in [0.25, 0.3) is 0 Å². The fourth-order valence-electron chi connectivity index (χ4n) is 0. The quantitative estimate of drug-likeness (QED) is 0.293. The van der Waals surface area contributed by atoms with E-state index in [0.717, 1.165) is 0 Å². The van der Waals surface area contributed by atoms with Crippen molar-refractivity contribution in [1.82, 2.24) is 0 Å².